The van der Waals surface area contributed by atoms with Crippen molar-refractivity contribution >= 4 is 15.9 Å². The molecule has 1 rings (SSSR count). The van der Waals surface area contributed by atoms with E-state index in [1.54, 1.807) is 6.08 Å². The molecule has 0 heterocycles. The minimum Gasteiger partial charge on any atom is -0.490 e. The van der Waals surface area contributed by atoms with Crippen molar-refractivity contribution in [2.75, 3.05) is 6.61 Å². The number of hydrogen-bond donors (Lipinski definition) is 0. The lowest BCUT2D eigenvalue weighted by Gasteiger charge is -2.08. The molecule has 0 spiro atoms. The van der Waals surface area contributed by atoms with Gasteiger partial charge in [-0.05, 0) is 40.9 Å². The van der Waals surface area contributed by atoms with Crippen LogP contribution in [0.15, 0.2) is 29.3 Å². The fourth-order valence-corrected chi connectivity index (χ4v) is 1.56. The molecule has 84 valence electrons. The van der Waals surface area contributed by atoms with Crippen LogP contribution in [0.5, 0.6) is 5.75 Å². The number of nitrogens with zero attached hydrogens (tertiary/aromatic N) is 1. The molecule has 16 heavy (non-hydrogen) atoms. The van der Waals surface area contributed by atoms with E-state index in [0.717, 1.165) is 12.8 Å². The predicted molar refractivity (Wildman–Crippen MR) is 63.7 cm³/mol. The minimum absolute atomic E-state index is 0.149. The molecule has 2 nitrogen and oxygen atoms in total. The molecule has 0 atom stereocenters. The molecule has 0 bridgehead atoms. The predicted octanol–water partition coefficient (Wildman–Crippen LogP) is 3.80. The van der Waals surface area contributed by atoms with Crippen molar-refractivity contribution in [3.05, 3.63) is 40.6 Å². The summed E-state index contributed by atoms with van der Waals surface area (Å²) in [7, 11) is 0. The topological polar surface area (TPSA) is 33.0 Å². The summed E-state index contributed by atoms with van der Waals surface area (Å²) in [5.74, 6) is -0.368. The van der Waals surface area contributed by atoms with Gasteiger partial charge in [-0.3, -0.25) is 0 Å². The smallest absolute Gasteiger partial charge is 0.180 e. The summed E-state index contributed by atoms with van der Waals surface area (Å²) in [5.41, 5.74) is 0.260. The van der Waals surface area contributed by atoms with Gasteiger partial charge in [-0.1, -0.05) is 6.08 Å². The van der Waals surface area contributed by atoms with E-state index >= 15 is 0 Å². The van der Waals surface area contributed by atoms with E-state index in [1.165, 1.54) is 12.1 Å². The Morgan fingerprint density at radius 3 is 2.94 bits per heavy atom. The molecule has 0 fully saturated rings. The van der Waals surface area contributed by atoms with E-state index in [1.807, 2.05) is 6.07 Å². The van der Waals surface area contributed by atoms with Crippen LogP contribution < -0.4 is 4.74 Å². The van der Waals surface area contributed by atoms with Crippen LogP contribution in [-0.2, 0) is 0 Å². The van der Waals surface area contributed by atoms with Crippen LogP contribution in [0.25, 0.3) is 0 Å². The van der Waals surface area contributed by atoms with Crippen molar-refractivity contribution in [2.24, 2.45) is 0 Å². The number of ether oxygens (including phenoxy) is 1. The number of hydrogen-bond acceptors (Lipinski definition) is 2. The second kappa shape index (κ2) is 6.29. The highest BCUT2D eigenvalue weighted by atomic mass is 79.9. The number of halogens is 2. The summed E-state index contributed by atoms with van der Waals surface area (Å²) >= 11 is 3.02. The number of unbranched alkanes of at least 4 members (excludes halogenated alkanes) is 1. The van der Waals surface area contributed by atoms with Gasteiger partial charge in [-0.15, -0.1) is 6.58 Å². The van der Waals surface area contributed by atoms with Gasteiger partial charge in [0.1, 0.15) is 6.07 Å². The summed E-state index contributed by atoms with van der Waals surface area (Å²) in [6, 6.07) is 4.87. The van der Waals surface area contributed by atoms with Crippen molar-refractivity contribution in [3.63, 3.8) is 0 Å². The number of rotatable bonds is 5. The molecule has 1 aromatic rings. The Morgan fingerprint density at radius 2 is 2.31 bits per heavy atom. The first-order chi connectivity index (χ1) is 7.70. The summed E-state index contributed by atoms with van der Waals surface area (Å²) < 4.78 is 19.0. The van der Waals surface area contributed by atoms with Gasteiger partial charge in [-0.2, -0.15) is 5.26 Å². The minimum atomic E-state index is -0.530. The molecule has 0 saturated heterocycles. The van der Waals surface area contributed by atoms with Crippen molar-refractivity contribution in [1.29, 1.82) is 5.26 Å². The maximum absolute atomic E-state index is 13.6. The monoisotopic (exact) mass is 283 g/mol. The Labute approximate surface area is 102 Å². The highest BCUT2D eigenvalue weighted by Gasteiger charge is 2.11. The fraction of sp³-hybridized carbons (Fsp3) is 0.250. The van der Waals surface area contributed by atoms with Crippen LogP contribution in [0.2, 0.25) is 0 Å². The van der Waals surface area contributed by atoms with Gasteiger partial charge in [0.05, 0.1) is 16.6 Å². The van der Waals surface area contributed by atoms with E-state index in [0.29, 0.717) is 6.61 Å². The Balaban J connectivity index is 2.72. The second-order valence-corrected chi connectivity index (χ2v) is 3.92. The van der Waals surface area contributed by atoms with E-state index < -0.39 is 5.82 Å². The molecule has 1 aromatic carbocycles. The lowest BCUT2D eigenvalue weighted by Crippen LogP contribution is -1.99. The van der Waals surface area contributed by atoms with Gasteiger partial charge < -0.3 is 4.74 Å². The average molecular weight is 284 g/mol. The number of benzene rings is 1. The molecule has 0 unspecified atom stereocenters. The normalized spacial score (nSPS) is 9.56. The average Bonchev–Trinajstić information content (AvgIpc) is 2.30. The Kier molecular flexibility index (Phi) is 5.00. The maximum Gasteiger partial charge on any atom is 0.180 e. The Hall–Kier alpha value is -1.34. The standard InChI is InChI=1S/C12H11BrFNO/c1-2-3-4-7-16-10-6-5-9(8-15)11(13)12(10)14/h2,5-6H,1,3-4,7H2. The Morgan fingerprint density at radius 1 is 1.56 bits per heavy atom. The van der Waals surface area contributed by atoms with Gasteiger partial charge in [0, 0.05) is 0 Å². The van der Waals surface area contributed by atoms with Gasteiger partial charge in [0.25, 0.3) is 0 Å². The quantitative estimate of drug-likeness (QED) is 0.608. The number of nitriles is 1. The zero-order valence-electron chi connectivity index (χ0n) is 8.67. The second-order valence-electron chi connectivity index (χ2n) is 3.13. The Bertz CT molecular complexity index is 426. The van der Waals surface area contributed by atoms with Crippen LogP contribution in [0.4, 0.5) is 4.39 Å². The SMILES string of the molecule is C=CCCCOc1ccc(C#N)c(Br)c1F. The molecule has 0 aliphatic rings. The van der Waals surface area contributed by atoms with Gasteiger partial charge in [0.15, 0.2) is 11.6 Å². The molecule has 4 heteroatoms. The zero-order chi connectivity index (χ0) is 12.0. The first-order valence-corrected chi connectivity index (χ1v) is 5.61. The molecule has 0 amide bonds. The van der Waals surface area contributed by atoms with Gasteiger partial charge in [0.2, 0.25) is 0 Å². The van der Waals surface area contributed by atoms with Crippen LogP contribution in [0.1, 0.15) is 18.4 Å². The fourth-order valence-electron chi connectivity index (χ4n) is 1.14. The third kappa shape index (κ3) is 3.07. The molecule has 0 aliphatic carbocycles. The maximum atomic E-state index is 13.6. The molecule has 0 aromatic heterocycles. The molecule has 0 aliphatic heterocycles. The number of allylic oxidation sites excluding steroid dienone is 1. The van der Waals surface area contributed by atoms with Gasteiger partial charge in [-0.25, -0.2) is 4.39 Å². The lowest BCUT2D eigenvalue weighted by molar-refractivity contribution is 0.296. The van der Waals surface area contributed by atoms with E-state index in [-0.39, 0.29) is 15.8 Å². The van der Waals surface area contributed by atoms with E-state index in [4.69, 9.17) is 10.00 Å². The van der Waals surface area contributed by atoms with E-state index in [2.05, 4.69) is 22.5 Å². The molecular formula is C12H11BrFNO. The van der Waals surface area contributed by atoms with Crippen molar-refractivity contribution in [3.8, 4) is 11.8 Å². The summed E-state index contributed by atoms with van der Waals surface area (Å²) in [6.45, 7) is 4.02. The molecule has 0 radical (unpaired) electrons. The van der Waals surface area contributed by atoms with Crippen LogP contribution in [0.3, 0.4) is 0 Å². The highest BCUT2D eigenvalue weighted by molar-refractivity contribution is 9.10. The first kappa shape index (κ1) is 12.7. The molecule has 0 saturated carbocycles. The lowest BCUT2D eigenvalue weighted by atomic mass is 10.2. The first-order valence-electron chi connectivity index (χ1n) is 4.82. The van der Waals surface area contributed by atoms with Crippen LogP contribution in [-0.4, -0.2) is 6.61 Å². The van der Waals surface area contributed by atoms with Crippen LogP contribution in [0, 0.1) is 17.1 Å². The van der Waals surface area contributed by atoms with Crippen molar-refractivity contribution in [1.82, 2.24) is 0 Å². The van der Waals surface area contributed by atoms with E-state index in [9.17, 15) is 4.39 Å². The molecule has 0 N–H and O–H groups in total. The van der Waals surface area contributed by atoms with Crippen molar-refractivity contribution < 1.29 is 9.13 Å². The summed E-state index contributed by atoms with van der Waals surface area (Å²) in [5, 5.41) is 8.68. The molecular weight excluding hydrogens is 273 g/mol. The van der Waals surface area contributed by atoms with Crippen molar-refractivity contribution in [2.45, 2.75) is 12.8 Å². The van der Waals surface area contributed by atoms with Crippen LogP contribution >= 0.6 is 15.9 Å². The summed E-state index contributed by atoms with van der Waals surface area (Å²) in [6.07, 6.45) is 3.41. The zero-order valence-corrected chi connectivity index (χ0v) is 10.3. The summed E-state index contributed by atoms with van der Waals surface area (Å²) in [4.78, 5) is 0. The van der Waals surface area contributed by atoms with Gasteiger partial charge >= 0.3 is 0 Å². The largest absolute Gasteiger partial charge is 0.490 e. The third-order valence-corrected chi connectivity index (χ3v) is 2.75. The highest BCUT2D eigenvalue weighted by Crippen LogP contribution is 2.28. The third-order valence-electron chi connectivity index (χ3n) is 1.98.